The molecule has 1 amide bonds. The minimum Gasteiger partial charge on any atom is -0.508 e. The van der Waals surface area contributed by atoms with Gasteiger partial charge in [-0.2, -0.15) is 0 Å². The van der Waals surface area contributed by atoms with Gasteiger partial charge >= 0.3 is 0 Å². The molecule has 0 unspecified atom stereocenters. The second-order valence-electron chi connectivity index (χ2n) is 3.56. The van der Waals surface area contributed by atoms with Gasteiger partial charge in [-0.3, -0.25) is 4.79 Å². The van der Waals surface area contributed by atoms with Crippen LogP contribution in [0.4, 0.5) is 5.69 Å². The topological polar surface area (TPSA) is 62.2 Å². The number of amides is 1. The van der Waals surface area contributed by atoms with Gasteiger partial charge in [-0.05, 0) is 24.3 Å². The monoisotopic (exact) mass is 260 g/mol. The number of aromatic hydroxyl groups is 1. The average molecular weight is 260 g/mol. The number of pyridine rings is 1. The van der Waals surface area contributed by atoms with Crippen LogP contribution in [0.1, 0.15) is 0 Å². The van der Waals surface area contributed by atoms with Crippen LogP contribution in [0, 0.1) is 0 Å². The number of hydrogen-bond acceptors (Lipinski definition) is 4. The summed E-state index contributed by atoms with van der Waals surface area (Å²) in [5.74, 6) is 0.286. The summed E-state index contributed by atoms with van der Waals surface area (Å²) in [6.07, 6.45) is 1.69. The van der Waals surface area contributed by atoms with Gasteiger partial charge < -0.3 is 10.4 Å². The maximum atomic E-state index is 11.7. The number of hydrogen-bond donors (Lipinski definition) is 2. The third-order valence-corrected chi connectivity index (χ3v) is 3.06. The van der Waals surface area contributed by atoms with Gasteiger partial charge in [0.05, 0.1) is 10.8 Å². The SMILES string of the molecule is O=C(CSc1ccccn1)Nc1cccc(O)c1. The quantitative estimate of drug-likeness (QED) is 0.829. The fraction of sp³-hybridized carbons (Fsp3) is 0.0769. The molecule has 0 spiro atoms. The Balaban J connectivity index is 1.86. The number of thioether (sulfide) groups is 1. The number of anilines is 1. The Morgan fingerprint density at radius 3 is 2.89 bits per heavy atom. The van der Waals surface area contributed by atoms with Crippen molar-refractivity contribution >= 4 is 23.4 Å². The highest BCUT2D eigenvalue weighted by atomic mass is 32.2. The first-order chi connectivity index (χ1) is 8.74. The van der Waals surface area contributed by atoms with Crippen LogP contribution in [0.5, 0.6) is 5.75 Å². The predicted molar refractivity (Wildman–Crippen MR) is 71.7 cm³/mol. The minimum atomic E-state index is -0.128. The minimum absolute atomic E-state index is 0.128. The lowest BCUT2D eigenvalue weighted by atomic mass is 10.3. The molecular weight excluding hydrogens is 248 g/mol. The Labute approximate surface area is 109 Å². The molecule has 2 N–H and O–H groups in total. The van der Waals surface area contributed by atoms with Gasteiger partial charge in [0.25, 0.3) is 0 Å². The molecule has 4 nitrogen and oxygen atoms in total. The second-order valence-corrected chi connectivity index (χ2v) is 4.55. The number of nitrogens with zero attached hydrogens (tertiary/aromatic N) is 1. The van der Waals surface area contributed by atoms with E-state index in [1.54, 1.807) is 24.4 Å². The van der Waals surface area contributed by atoms with Crippen molar-refractivity contribution in [2.75, 3.05) is 11.1 Å². The molecule has 1 aromatic carbocycles. The average Bonchev–Trinajstić information content (AvgIpc) is 2.38. The summed E-state index contributed by atoms with van der Waals surface area (Å²) in [6, 6.07) is 12.0. The van der Waals surface area contributed by atoms with Crippen LogP contribution in [0.2, 0.25) is 0 Å². The lowest BCUT2D eigenvalue weighted by Gasteiger charge is -2.05. The van der Waals surface area contributed by atoms with E-state index in [9.17, 15) is 9.90 Å². The first-order valence-electron chi connectivity index (χ1n) is 5.37. The Morgan fingerprint density at radius 1 is 1.28 bits per heavy atom. The molecule has 18 heavy (non-hydrogen) atoms. The first-order valence-corrected chi connectivity index (χ1v) is 6.35. The number of benzene rings is 1. The molecule has 92 valence electrons. The maximum absolute atomic E-state index is 11.7. The fourth-order valence-electron chi connectivity index (χ4n) is 1.35. The summed E-state index contributed by atoms with van der Waals surface area (Å²) in [4.78, 5) is 15.8. The maximum Gasteiger partial charge on any atom is 0.234 e. The molecule has 0 aliphatic carbocycles. The van der Waals surface area contributed by atoms with E-state index in [1.807, 2.05) is 18.2 Å². The molecule has 2 rings (SSSR count). The molecule has 1 heterocycles. The van der Waals surface area contributed by atoms with Crippen LogP contribution < -0.4 is 5.32 Å². The summed E-state index contributed by atoms with van der Waals surface area (Å²) in [6.45, 7) is 0. The number of carbonyl (C=O) groups is 1. The van der Waals surface area contributed by atoms with E-state index < -0.39 is 0 Å². The van der Waals surface area contributed by atoms with Gasteiger partial charge in [0.2, 0.25) is 5.91 Å². The van der Waals surface area contributed by atoms with Crippen molar-refractivity contribution in [3.8, 4) is 5.75 Å². The largest absolute Gasteiger partial charge is 0.508 e. The fourth-order valence-corrected chi connectivity index (χ4v) is 2.01. The van der Waals surface area contributed by atoms with Gasteiger partial charge in [0, 0.05) is 18.0 Å². The summed E-state index contributed by atoms with van der Waals surface area (Å²) in [7, 11) is 0. The van der Waals surface area contributed by atoms with Crippen molar-refractivity contribution in [3.05, 3.63) is 48.7 Å². The zero-order chi connectivity index (χ0) is 12.8. The molecule has 0 saturated carbocycles. The third kappa shape index (κ3) is 3.78. The van der Waals surface area contributed by atoms with Crippen LogP contribution in [-0.4, -0.2) is 21.8 Å². The first kappa shape index (κ1) is 12.4. The summed E-state index contributed by atoms with van der Waals surface area (Å²) < 4.78 is 0. The zero-order valence-electron chi connectivity index (χ0n) is 9.54. The molecule has 0 atom stereocenters. The van der Waals surface area contributed by atoms with E-state index in [0.717, 1.165) is 5.03 Å². The predicted octanol–water partition coefficient (Wildman–Crippen LogP) is 2.52. The van der Waals surface area contributed by atoms with Crippen LogP contribution >= 0.6 is 11.8 Å². The molecule has 0 fully saturated rings. The van der Waals surface area contributed by atoms with Gasteiger partial charge in [-0.25, -0.2) is 4.98 Å². The van der Waals surface area contributed by atoms with Crippen molar-refractivity contribution in [2.45, 2.75) is 5.03 Å². The third-order valence-electron chi connectivity index (χ3n) is 2.12. The molecule has 5 heteroatoms. The lowest BCUT2D eigenvalue weighted by molar-refractivity contribution is -0.113. The molecular formula is C13H12N2O2S. The van der Waals surface area contributed by atoms with Crippen LogP contribution in [-0.2, 0) is 4.79 Å². The Hall–Kier alpha value is -2.01. The van der Waals surface area contributed by atoms with Crippen molar-refractivity contribution < 1.29 is 9.90 Å². The smallest absolute Gasteiger partial charge is 0.234 e. The van der Waals surface area contributed by atoms with E-state index >= 15 is 0 Å². The van der Waals surface area contributed by atoms with Crippen LogP contribution in [0.3, 0.4) is 0 Å². The van der Waals surface area contributed by atoms with Crippen LogP contribution in [0.25, 0.3) is 0 Å². The van der Waals surface area contributed by atoms with E-state index in [0.29, 0.717) is 5.69 Å². The number of rotatable bonds is 4. The normalized spacial score (nSPS) is 10.0. The molecule has 2 aromatic rings. The van der Waals surface area contributed by atoms with E-state index in [1.165, 1.54) is 17.8 Å². The summed E-state index contributed by atoms with van der Waals surface area (Å²) in [5.41, 5.74) is 0.585. The van der Waals surface area contributed by atoms with Gasteiger partial charge in [-0.15, -0.1) is 0 Å². The Bertz CT molecular complexity index is 532. The molecule has 0 radical (unpaired) electrons. The number of nitrogens with one attached hydrogen (secondary N) is 1. The van der Waals surface area contributed by atoms with Gasteiger partial charge in [0.1, 0.15) is 5.75 Å². The molecule has 0 bridgehead atoms. The molecule has 0 aliphatic rings. The van der Waals surface area contributed by atoms with E-state index in [-0.39, 0.29) is 17.4 Å². The molecule has 0 saturated heterocycles. The molecule has 1 aromatic heterocycles. The standard InChI is InChI=1S/C13H12N2O2S/c16-11-5-3-4-10(8-11)15-12(17)9-18-13-6-1-2-7-14-13/h1-8,16H,9H2,(H,15,17). The Morgan fingerprint density at radius 2 is 2.17 bits per heavy atom. The highest BCUT2D eigenvalue weighted by molar-refractivity contribution is 7.99. The van der Waals surface area contributed by atoms with Crippen molar-refractivity contribution in [1.29, 1.82) is 0 Å². The lowest BCUT2D eigenvalue weighted by Crippen LogP contribution is -2.13. The van der Waals surface area contributed by atoms with Crippen LogP contribution in [0.15, 0.2) is 53.7 Å². The van der Waals surface area contributed by atoms with Gasteiger partial charge in [-0.1, -0.05) is 23.9 Å². The number of aromatic nitrogens is 1. The van der Waals surface area contributed by atoms with Crippen molar-refractivity contribution in [3.63, 3.8) is 0 Å². The second kappa shape index (κ2) is 6.07. The number of carbonyl (C=O) groups excluding carboxylic acids is 1. The van der Waals surface area contributed by atoms with Gasteiger partial charge in [0.15, 0.2) is 0 Å². The van der Waals surface area contributed by atoms with E-state index in [2.05, 4.69) is 10.3 Å². The highest BCUT2D eigenvalue weighted by Crippen LogP contribution is 2.17. The highest BCUT2D eigenvalue weighted by Gasteiger charge is 2.04. The number of phenols is 1. The summed E-state index contributed by atoms with van der Waals surface area (Å²) >= 11 is 1.37. The Kier molecular flexibility index (Phi) is 4.20. The number of phenolic OH excluding ortho intramolecular Hbond substituents is 1. The van der Waals surface area contributed by atoms with Crippen molar-refractivity contribution in [2.24, 2.45) is 0 Å². The van der Waals surface area contributed by atoms with Crippen molar-refractivity contribution in [1.82, 2.24) is 4.98 Å². The molecule has 0 aliphatic heterocycles. The zero-order valence-corrected chi connectivity index (χ0v) is 10.4. The van der Waals surface area contributed by atoms with E-state index in [4.69, 9.17) is 0 Å². The summed E-state index contributed by atoms with van der Waals surface area (Å²) in [5, 5.41) is 12.8.